The third-order valence-corrected chi connectivity index (χ3v) is 8.23. The summed E-state index contributed by atoms with van der Waals surface area (Å²) in [4.78, 5) is 11.6. The number of benzene rings is 1. The lowest BCUT2D eigenvalue weighted by molar-refractivity contribution is -0.132. The summed E-state index contributed by atoms with van der Waals surface area (Å²) in [5.74, 6) is 2.07. The topological polar surface area (TPSA) is 66.8 Å². The van der Waals surface area contributed by atoms with Crippen LogP contribution in [0.25, 0.3) is 0 Å². The summed E-state index contributed by atoms with van der Waals surface area (Å²) in [6, 6.07) is 5.85. The number of aromatic hydroxyl groups is 1. The number of aliphatic hydroxyl groups is 1. The van der Waals surface area contributed by atoms with E-state index in [4.69, 9.17) is 4.74 Å². The predicted molar refractivity (Wildman–Crippen MR) is 106 cm³/mol. The fourth-order valence-electron chi connectivity index (χ4n) is 6.68. The quantitative estimate of drug-likeness (QED) is 0.710. The number of rotatable bonds is 1. The van der Waals surface area contributed by atoms with Crippen molar-refractivity contribution in [3.05, 3.63) is 52.8 Å². The van der Waals surface area contributed by atoms with Crippen LogP contribution in [0.3, 0.4) is 0 Å². The third-order valence-electron chi connectivity index (χ3n) is 8.23. The number of fused-ring (bicyclic) bond motifs is 5. The number of hydrogen-bond acceptors (Lipinski definition) is 4. The Morgan fingerprint density at radius 1 is 1.21 bits per heavy atom. The van der Waals surface area contributed by atoms with Crippen LogP contribution in [0.1, 0.15) is 63.0 Å². The van der Waals surface area contributed by atoms with Crippen LogP contribution in [0.15, 0.2) is 41.7 Å². The first-order valence-corrected chi connectivity index (χ1v) is 10.5. The van der Waals surface area contributed by atoms with Gasteiger partial charge in [0.2, 0.25) is 0 Å². The minimum Gasteiger partial charge on any atom is -0.508 e. The molecule has 0 radical (unpaired) electrons. The number of phenols is 1. The van der Waals surface area contributed by atoms with Crippen LogP contribution >= 0.6 is 0 Å². The molecular formula is C24H28O4. The zero-order valence-corrected chi connectivity index (χ0v) is 16.6. The molecule has 0 unspecified atom stereocenters. The number of carbonyl (C=O) groups is 1. The standard InChI is InChI=1S/C24H28O4/c1-14-11-22(26)28-21(14)13-24(27)10-8-20-19-5-3-15-12-16(25)4-6-17(15)18(19)7-9-23(20,24)2/h4,6,11-13,18-20,25,27H,3,5,7-10H2,1-2H3/b21-13-/t18-,19-,20+,23-,24+/m0/s1. The lowest BCUT2D eigenvalue weighted by Gasteiger charge is -2.52. The van der Waals surface area contributed by atoms with Crippen molar-refractivity contribution in [3.8, 4) is 5.75 Å². The van der Waals surface area contributed by atoms with Gasteiger partial charge in [0.15, 0.2) is 0 Å². The molecule has 4 aliphatic rings. The van der Waals surface area contributed by atoms with E-state index in [1.165, 1.54) is 17.2 Å². The highest BCUT2D eigenvalue weighted by Crippen LogP contribution is 2.65. The summed E-state index contributed by atoms with van der Waals surface area (Å²) in [7, 11) is 0. The highest BCUT2D eigenvalue weighted by Gasteiger charge is 2.61. The molecule has 0 saturated heterocycles. The maximum Gasteiger partial charge on any atom is 0.336 e. The van der Waals surface area contributed by atoms with Gasteiger partial charge in [-0.2, -0.15) is 0 Å². The molecule has 28 heavy (non-hydrogen) atoms. The molecule has 148 valence electrons. The minimum atomic E-state index is -0.938. The number of esters is 1. The Morgan fingerprint density at radius 2 is 2.04 bits per heavy atom. The number of ether oxygens (including phenoxy) is 1. The van der Waals surface area contributed by atoms with Crippen LogP contribution in [-0.4, -0.2) is 21.8 Å². The van der Waals surface area contributed by atoms with E-state index in [0.717, 1.165) is 37.7 Å². The molecule has 1 heterocycles. The highest BCUT2D eigenvalue weighted by atomic mass is 16.5. The number of allylic oxidation sites excluding steroid dienone is 1. The van der Waals surface area contributed by atoms with Crippen molar-refractivity contribution >= 4 is 5.97 Å². The summed E-state index contributed by atoms with van der Waals surface area (Å²) < 4.78 is 5.34. The van der Waals surface area contributed by atoms with Crippen molar-refractivity contribution in [1.29, 1.82) is 0 Å². The zero-order chi connectivity index (χ0) is 19.7. The Balaban J connectivity index is 1.48. The van der Waals surface area contributed by atoms with Gasteiger partial charge in [-0.3, -0.25) is 0 Å². The predicted octanol–water partition coefficient (Wildman–Crippen LogP) is 4.37. The molecule has 1 aliphatic heterocycles. The molecule has 0 spiro atoms. The molecule has 2 fully saturated rings. The summed E-state index contributed by atoms with van der Waals surface area (Å²) in [5.41, 5.74) is 2.34. The van der Waals surface area contributed by atoms with Gasteiger partial charge in [-0.1, -0.05) is 13.0 Å². The van der Waals surface area contributed by atoms with Crippen molar-refractivity contribution in [2.45, 2.75) is 63.9 Å². The van der Waals surface area contributed by atoms with Gasteiger partial charge < -0.3 is 14.9 Å². The minimum absolute atomic E-state index is 0.204. The fourth-order valence-corrected chi connectivity index (χ4v) is 6.68. The average molecular weight is 380 g/mol. The molecule has 1 aromatic rings. The van der Waals surface area contributed by atoms with Gasteiger partial charge in [-0.15, -0.1) is 0 Å². The molecule has 3 aliphatic carbocycles. The van der Waals surface area contributed by atoms with Gasteiger partial charge in [0, 0.05) is 11.5 Å². The SMILES string of the molecule is CC1=CC(=O)O/C1=C\[C@]1(O)CC[C@@H]2[C@H]3CCc4cc(O)ccc4[C@@H]3CC[C@@]21C. The zero-order valence-electron chi connectivity index (χ0n) is 16.6. The van der Waals surface area contributed by atoms with E-state index in [1.807, 2.05) is 25.1 Å². The van der Waals surface area contributed by atoms with Crippen LogP contribution in [0.4, 0.5) is 0 Å². The molecule has 0 bridgehead atoms. The van der Waals surface area contributed by atoms with Gasteiger partial charge in [0.05, 0.1) is 5.60 Å². The lowest BCUT2D eigenvalue weighted by Crippen LogP contribution is -2.50. The average Bonchev–Trinajstić information content (AvgIpc) is 3.10. The summed E-state index contributed by atoms with van der Waals surface area (Å²) >= 11 is 0. The second-order valence-electron chi connectivity index (χ2n) is 9.47. The Bertz CT molecular complexity index is 913. The fraction of sp³-hybridized carbons (Fsp3) is 0.542. The van der Waals surface area contributed by atoms with Crippen LogP contribution in [0.5, 0.6) is 5.75 Å². The Kier molecular flexibility index (Phi) is 3.83. The molecule has 0 amide bonds. The number of cyclic esters (lactones) is 1. The molecule has 0 aromatic heterocycles. The van der Waals surface area contributed by atoms with Crippen molar-refractivity contribution in [2.24, 2.45) is 17.3 Å². The van der Waals surface area contributed by atoms with E-state index in [9.17, 15) is 15.0 Å². The lowest BCUT2D eigenvalue weighted by atomic mass is 9.53. The number of carbonyl (C=O) groups excluding carboxylic acids is 1. The molecule has 2 saturated carbocycles. The maximum absolute atomic E-state index is 11.7. The first-order valence-electron chi connectivity index (χ1n) is 10.5. The van der Waals surface area contributed by atoms with Gasteiger partial charge in [-0.25, -0.2) is 4.79 Å². The second kappa shape index (κ2) is 5.96. The van der Waals surface area contributed by atoms with E-state index in [0.29, 0.717) is 35.7 Å². The van der Waals surface area contributed by atoms with E-state index < -0.39 is 5.60 Å². The molecule has 1 aromatic carbocycles. The van der Waals surface area contributed by atoms with Crippen LogP contribution in [-0.2, 0) is 16.0 Å². The number of hydrogen-bond donors (Lipinski definition) is 2. The van der Waals surface area contributed by atoms with Gasteiger partial charge in [0.25, 0.3) is 0 Å². The Morgan fingerprint density at radius 3 is 2.79 bits per heavy atom. The van der Waals surface area contributed by atoms with E-state index in [1.54, 1.807) is 0 Å². The van der Waals surface area contributed by atoms with Crippen LogP contribution < -0.4 is 0 Å². The van der Waals surface area contributed by atoms with Gasteiger partial charge >= 0.3 is 5.97 Å². The van der Waals surface area contributed by atoms with E-state index in [2.05, 4.69) is 13.0 Å². The van der Waals surface area contributed by atoms with Crippen molar-refractivity contribution in [2.75, 3.05) is 0 Å². The van der Waals surface area contributed by atoms with Gasteiger partial charge in [-0.05, 0) is 98.1 Å². The Hall–Kier alpha value is -2.07. The second-order valence-corrected chi connectivity index (χ2v) is 9.47. The third kappa shape index (κ3) is 2.43. The smallest absolute Gasteiger partial charge is 0.336 e. The maximum atomic E-state index is 11.7. The summed E-state index contributed by atoms with van der Waals surface area (Å²) in [6.45, 7) is 4.10. The van der Waals surface area contributed by atoms with Gasteiger partial charge in [0.1, 0.15) is 11.5 Å². The Labute approximate surface area is 165 Å². The normalized spacial score (nSPS) is 40.5. The molecule has 4 heteroatoms. The molecular weight excluding hydrogens is 352 g/mol. The van der Waals surface area contributed by atoms with E-state index in [-0.39, 0.29) is 11.4 Å². The monoisotopic (exact) mass is 380 g/mol. The molecule has 5 rings (SSSR count). The number of phenolic OH excluding ortho intramolecular Hbond substituents is 1. The van der Waals surface area contributed by atoms with Crippen molar-refractivity contribution in [3.63, 3.8) is 0 Å². The number of aryl methyl sites for hydroxylation is 1. The first-order chi connectivity index (χ1) is 13.3. The van der Waals surface area contributed by atoms with Crippen LogP contribution in [0, 0.1) is 17.3 Å². The van der Waals surface area contributed by atoms with E-state index >= 15 is 0 Å². The highest BCUT2D eigenvalue weighted by molar-refractivity contribution is 5.88. The molecule has 5 atom stereocenters. The summed E-state index contributed by atoms with van der Waals surface area (Å²) in [6.07, 6.45) is 9.16. The summed E-state index contributed by atoms with van der Waals surface area (Å²) in [5, 5.41) is 21.5. The molecule has 4 nitrogen and oxygen atoms in total. The van der Waals surface area contributed by atoms with Crippen LogP contribution in [0.2, 0.25) is 0 Å². The van der Waals surface area contributed by atoms with Crippen molar-refractivity contribution < 1.29 is 19.7 Å². The largest absolute Gasteiger partial charge is 0.508 e. The van der Waals surface area contributed by atoms with Crippen molar-refractivity contribution in [1.82, 2.24) is 0 Å². The molecule has 2 N–H and O–H groups in total. The first kappa shape index (κ1) is 18.0.